The van der Waals surface area contributed by atoms with Gasteiger partial charge in [0.25, 0.3) is 0 Å². The Morgan fingerprint density at radius 1 is 1.50 bits per heavy atom. The average Bonchev–Trinajstić information content (AvgIpc) is 2.82. The summed E-state index contributed by atoms with van der Waals surface area (Å²) >= 11 is 7.40. The molecule has 0 aliphatic rings. The minimum Gasteiger partial charge on any atom is -0.493 e. The van der Waals surface area contributed by atoms with Crippen molar-refractivity contribution in [2.45, 2.75) is 13.3 Å². The maximum atomic E-state index is 10.5. The molecule has 5 heteroatoms. The van der Waals surface area contributed by atoms with Crippen LogP contribution in [0.1, 0.15) is 21.1 Å². The molecule has 0 atom stereocenters. The van der Waals surface area contributed by atoms with Crippen LogP contribution in [0.2, 0.25) is 5.02 Å². The smallest absolute Gasteiger partial charge is 0.169 e. The molecule has 1 heterocycles. The Hall–Kier alpha value is -1.39. The number of carbonyl (C=O) groups excluding carboxylic acids is 1. The largest absolute Gasteiger partial charge is 0.493 e. The standard InChI is InChI=1S/C13H12ClNO2S/c1-9-6-11(2-3-12(9)14)17-5-4-13-15-10(7-16)8-18-13/h2-3,6-8H,4-5H2,1H3. The van der Waals surface area contributed by atoms with Crippen LogP contribution in [0.4, 0.5) is 0 Å². The number of aromatic nitrogens is 1. The zero-order valence-corrected chi connectivity index (χ0v) is 11.4. The Balaban J connectivity index is 1.88. The molecular formula is C13H12ClNO2S. The van der Waals surface area contributed by atoms with Gasteiger partial charge in [-0.05, 0) is 30.7 Å². The molecule has 0 radical (unpaired) electrons. The monoisotopic (exact) mass is 281 g/mol. The number of benzene rings is 1. The van der Waals surface area contributed by atoms with Gasteiger partial charge < -0.3 is 4.74 Å². The molecule has 3 nitrogen and oxygen atoms in total. The van der Waals surface area contributed by atoms with Gasteiger partial charge in [0.1, 0.15) is 11.4 Å². The third kappa shape index (κ3) is 3.31. The molecule has 0 spiro atoms. The van der Waals surface area contributed by atoms with Gasteiger partial charge in [-0.1, -0.05) is 11.6 Å². The van der Waals surface area contributed by atoms with Crippen molar-refractivity contribution in [1.82, 2.24) is 4.98 Å². The summed E-state index contributed by atoms with van der Waals surface area (Å²) in [6.45, 7) is 2.47. The van der Waals surface area contributed by atoms with Crippen LogP contribution in [0.25, 0.3) is 0 Å². The minimum absolute atomic E-state index is 0.484. The summed E-state index contributed by atoms with van der Waals surface area (Å²) in [5.41, 5.74) is 1.48. The van der Waals surface area contributed by atoms with Crippen molar-refractivity contribution in [3.8, 4) is 5.75 Å². The lowest BCUT2D eigenvalue weighted by atomic mass is 10.2. The van der Waals surface area contributed by atoms with Crippen LogP contribution >= 0.6 is 22.9 Å². The van der Waals surface area contributed by atoms with Crippen LogP contribution in [0, 0.1) is 6.92 Å². The van der Waals surface area contributed by atoms with E-state index in [2.05, 4.69) is 4.98 Å². The molecule has 0 aliphatic heterocycles. The molecule has 1 aromatic heterocycles. The summed E-state index contributed by atoms with van der Waals surface area (Å²) in [6, 6.07) is 5.56. The number of thiazole rings is 1. The number of nitrogens with zero attached hydrogens (tertiary/aromatic N) is 1. The first-order valence-electron chi connectivity index (χ1n) is 5.47. The van der Waals surface area contributed by atoms with E-state index in [0.29, 0.717) is 18.7 Å². The number of rotatable bonds is 5. The lowest BCUT2D eigenvalue weighted by Gasteiger charge is -2.06. The van der Waals surface area contributed by atoms with E-state index < -0.39 is 0 Å². The summed E-state index contributed by atoms with van der Waals surface area (Å²) in [5.74, 6) is 0.795. The third-order valence-electron chi connectivity index (χ3n) is 2.40. The maximum Gasteiger partial charge on any atom is 0.169 e. The lowest BCUT2D eigenvalue weighted by Crippen LogP contribution is -2.01. The number of carbonyl (C=O) groups is 1. The van der Waals surface area contributed by atoms with Gasteiger partial charge in [0.2, 0.25) is 0 Å². The van der Waals surface area contributed by atoms with E-state index in [0.717, 1.165) is 27.6 Å². The van der Waals surface area contributed by atoms with Crippen molar-refractivity contribution >= 4 is 29.2 Å². The molecule has 0 fully saturated rings. The molecule has 18 heavy (non-hydrogen) atoms. The fourth-order valence-electron chi connectivity index (χ4n) is 1.46. The van der Waals surface area contributed by atoms with E-state index in [4.69, 9.17) is 16.3 Å². The number of hydrogen-bond acceptors (Lipinski definition) is 4. The Bertz CT molecular complexity index is 554. The molecule has 0 aliphatic carbocycles. The molecule has 0 N–H and O–H groups in total. The first-order chi connectivity index (χ1) is 8.69. The van der Waals surface area contributed by atoms with Crippen molar-refractivity contribution in [1.29, 1.82) is 0 Å². The summed E-state index contributed by atoms with van der Waals surface area (Å²) in [7, 11) is 0. The van der Waals surface area contributed by atoms with Crippen LogP contribution in [-0.2, 0) is 6.42 Å². The zero-order valence-electron chi connectivity index (χ0n) is 9.85. The molecule has 1 aromatic carbocycles. The van der Waals surface area contributed by atoms with Gasteiger partial charge in [-0.3, -0.25) is 4.79 Å². The van der Waals surface area contributed by atoms with Crippen molar-refractivity contribution in [3.05, 3.63) is 44.9 Å². The molecule has 94 valence electrons. The molecule has 0 saturated heterocycles. The van der Waals surface area contributed by atoms with Gasteiger partial charge in [-0.2, -0.15) is 0 Å². The number of hydrogen-bond donors (Lipinski definition) is 0. The van der Waals surface area contributed by atoms with Crippen molar-refractivity contribution in [2.24, 2.45) is 0 Å². The molecule has 2 rings (SSSR count). The molecule has 0 bridgehead atoms. The van der Waals surface area contributed by atoms with Crippen LogP contribution in [0.3, 0.4) is 0 Å². The Kier molecular flexibility index (Phi) is 4.33. The first kappa shape index (κ1) is 13.1. The van der Waals surface area contributed by atoms with Gasteiger partial charge in [0, 0.05) is 16.8 Å². The Morgan fingerprint density at radius 3 is 3.00 bits per heavy atom. The topological polar surface area (TPSA) is 39.2 Å². The highest BCUT2D eigenvalue weighted by atomic mass is 35.5. The van der Waals surface area contributed by atoms with Crippen molar-refractivity contribution in [2.75, 3.05) is 6.61 Å². The quantitative estimate of drug-likeness (QED) is 0.787. The van der Waals surface area contributed by atoms with Crippen LogP contribution in [0.15, 0.2) is 23.6 Å². The van der Waals surface area contributed by atoms with E-state index in [9.17, 15) is 4.79 Å². The van der Waals surface area contributed by atoms with E-state index in [1.165, 1.54) is 11.3 Å². The Morgan fingerprint density at radius 2 is 2.33 bits per heavy atom. The van der Waals surface area contributed by atoms with E-state index in [1.807, 2.05) is 25.1 Å². The SMILES string of the molecule is Cc1cc(OCCc2nc(C=O)cs2)ccc1Cl. The summed E-state index contributed by atoms with van der Waals surface area (Å²) < 4.78 is 5.61. The molecule has 2 aromatic rings. The zero-order chi connectivity index (χ0) is 13.0. The van der Waals surface area contributed by atoms with E-state index in [1.54, 1.807) is 5.38 Å². The van der Waals surface area contributed by atoms with Crippen LogP contribution in [0.5, 0.6) is 5.75 Å². The molecular weight excluding hydrogens is 270 g/mol. The average molecular weight is 282 g/mol. The highest BCUT2D eigenvalue weighted by Gasteiger charge is 2.02. The van der Waals surface area contributed by atoms with Gasteiger partial charge >= 0.3 is 0 Å². The number of halogens is 1. The normalized spacial score (nSPS) is 10.3. The second kappa shape index (κ2) is 5.98. The van der Waals surface area contributed by atoms with Gasteiger partial charge in [-0.15, -0.1) is 11.3 Å². The number of aldehydes is 1. The fraction of sp³-hybridized carbons (Fsp3) is 0.231. The van der Waals surface area contributed by atoms with E-state index >= 15 is 0 Å². The van der Waals surface area contributed by atoms with E-state index in [-0.39, 0.29) is 0 Å². The molecule has 0 unspecified atom stereocenters. The predicted molar refractivity (Wildman–Crippen MR) is 72.9 cm³/mol. The highest BCUT2D eigenvalue weighted by Crippen LogP contribution is 2.21. The second-order valence-corrected chi connectivity index (χ2v) is 5.14. The predicted octanol–water partition coefficient (Wildman–Crippen LogP) is 3.54. The van der Waals surface area contributed by atoms with Crippen molar-refractivity contribution < 1.29 is 9.53 Å². The number of ether oxygens (including phenoxy) is 1. The molecule has 0 saturated carbocycles. The minimum atomic E-state index is 0.484. The van der Waals surface area contributed by atoms with Crippen LogP contribution < -0.4 is 4.74 Å². The third-order valence-corrected chi connectivity index (χ3v) is 3.76. The summed E-state index contributed by atoms with van der Waals surface area (Å²) in [6.07, 6.45) is 1.45. The van der Waals surface area contributed by atoms with Gasteiger partial charge in [-0.25, -0.2) is 4.98 Å². The number of aryl methyl sites for hydroxylation is 1. The highest BCUT2D eigenvalue weighted by molar-refractivity contribution is 7.09. The summed E-state index contributed by atoms with van der Waals surface area (Å²) in [4.78, 5) is 14.6. The summed E-state index contributed by atoms with van der Waals surface area (Å²) in [5, 5.41) is 3.38. The molecule has 0 amide bonds. The Labute approximate surface area is 114 Å². The van der Waals surface area contributed by atoms with Gasteiger partial charge in [0.05, 0.1) is 11.6 Å². The van der Waals surface area contributed by atoms with Crippen LogP contribution in [-0.4, -0.2) is 17.9 Å². The van der Waals surface area contributed by atoms with Crippen molar-refractivity contribution in [3.63, 3.8) is 0 Å². The fourth-order valence-corrected chi connectivity index (χ4v) is 2.30. The maximum absolute atomic E-state index is 10.5. The first-order valence-corrected chi connectivity index (χ1v) is 6.73. The lowest BCUT2D eigenvalue weighted by molar-refractivity contribution is 0.111. The van der Waals surface area contributed by atoms with Gasteiger partial charge in [0.15, 0.2) is 6.29 Å². The second-order valence-electron chi connectivity index (χ2n) is 3.79.